The number of H-pyrrole nitrogens is 1. The van der Waals surface area contributed by atoms with Gasteiger partial charge in [-0.15, -0.1) is 0 Å². The molecule has 0 radical (unpaired) electrons. The molecule has 0 unspecified atom stereocenters. The zero-order chi connectivity index (χ0) is 20.2. The maximum Gasteiger partial charge on any atom is 0.254 e. The zero-order valence-electron chi connectivity index (χ0n) is 16.1. The average Bonchev–Trinajstić information content (AvgIpc) is 3.29. The van der Waals surface area contributed by atoms with Gasteiger partial charge in [-0.25, -0.2) is 0 Å². The van der Waals surface area contributed by atoms with Crippen molar-refractivity contribution in [2.75, 3.05) is 38.2 Å². The summed E-state index contributed by atoms with van der Waals surface area (Å²) >= 11 is 0. The minimum Gasteiger partial charge on any atom is -0.497 e. The number of anilines is 1. The Hall–Kier alpha value is -3.79. The number of carbonyl (C=O) groups excluding carboxylic acids is 1. The van der Waals surface area contributed by atoms with Gasteiger partial charge in [0, 0.05) is 37.8 Å². The lowest BCUT2D eigenvalue weighted by Crippen LogP contribution is -2.49. The van der Waals surface area contributed by atoms with Gasteiger partial charge in [-0.1, -0.05) is 6.07 Å². The molecule has 3 aromatic rings. The Labute approximate surface area is 169 Å². The van der Waals surface area contributed by atoms with Crippen LogP contribution in [0.25, 0.3) is 11.3 Å². The topological polar surface area (TPSA) is 85.2 Å². The molecule has 4 rings (SSSR count). The Morgan fingerprint density at radius 2 is 1.86 bits per heavy atom. The second-order valence-electron chi connectivity index (χ2n) is 6.84. The van der Waals surface area contributed by atoms with Crippen molar-refractivity contribution in [3.63, 3.8) is 0 Å². The lowest BCUT2D eigenvalue weighted by atomic mass is 10.1. The predicted octanol–water partition coefficient (Wildman–Crippen LogP) is 2.92. The van der Waals surface area contributed by atoms with E-state index in [0.717, 1.165) is 22.8 Å². The number of nitrogens with zero attached hydrogens (tertiary/aromatic N) is 4. The van der Waals surface area contributed by atoms with E-state index in [1.54, 1.807) is 31.4 Å². The van der Waals surface area contributed by atoms with Crippen molar-refractivity contribution in [1.29, 1.82) is 5.26 Å². The van der Waals surface area contributed by atoms with Gasteiger partial charge in [0.25, 0.3) is 5.91 Å². The molecular formula is C22H21N5O2. The summed E-state index contributed by atoms with van der Waals surface area (Å²) in [5.74, 6) is 1.65. The number of nitrogens with one attached hydrogen (secondary N) is 1. The van der Waals surface area contributed by atoms with Gasteiger partial charge >= 0.3 is 0 Å². The number of aromatic nitrogens is 2. The van der Waals surface area contributed by atoms with Gasteiger partial charge in [-0.2, -0.15) is 10.4 Å². The standard InChI is InChI=1S/C22H21N5O2/c1-29-19-7-5-17(6-8-19)20-14-21(25-24-20)26-9-11-27(12-10-26)22(28)18-4-2-3-16(13-18)15-23/h2-8,13-14H,9-12H2,1H3,(H,24,25). The summed E-state index contributed by atoms with van der Waals surface area (Å²) in [6.45, 7) is 2.63. The molecule has 0 atom stereocenters. The zero-order valence-corrected chi connectivity index (χ0v) is 16.1. The third kappa shape index (κ3) is 3.92. The summed E-state index contributed by atoms with van der Waals surface area (Å²) in [7, 11) is 1.65. The van der Waals surface area contributed by atoms with E-state index < -0.39 is 0 Å². The Morgan fingerprint density at radius 1 is 1.10 bits per heavy atom. The Kier molecular flexibility index (Phi) is 5.16. The normalized spacial score (nSPS) is 13.8. The number of nitriles is 1. The fourth-order valence-corrected chi connectivity index (χ4v) is 3.43. The highest BCUT2D eigenvalue weighted by molar-refractivity contribution is 5.94. The van der Waals surface area contributed by atoms with Crippen LogP contribution in [0, 0.1) is 11.3 Å². The molecule has 2 heterocycles. The molecule has 1 amide bonds. The van der Waals surface area contributed by atoms with Gasteiger partial charge in [0.15, 0.2) is 5.82 Å². The van der Waals surface area contributed by atoms with E-state index in [1.807, 2.05) is 35.2 Å². The first-order chi connectivity index (χ1) is 14.2. The van der Waals surface area contributed by atoms with Crippen LogP contribution in [0.2, 0.25) is 0 Å². The maximum atomic E-state index is 12.7. The van der Waals surface area contributed by atoms with Crippen molar-refractivity contribution in [2.45, 2.75) is 0 Å². The molecular weight excluding hydrogens is 366 g/mol. The molecule has 29 heavy (non-hydrogen) atoms. The van der Waals surface area contributed by atoms with Crippen molar-refractivity contribution in [3.8, 4) is 23.1 Å². The van der Waals surface area contributed by atoms with E-state index in [2.05, 4.69) is 21.2 Å². The second-order valence-corrected chi connectivity index (χ2v) is 6.84. The van der Waals surface area contributed by atoms with Crippen molar-refractivity contribution in [3.05, 3.63) is 65.7 Å². The molecule has 2 aromatic carbocycles. The van der Waals surface area contributed by atoms with Crippen molar-refractivity contribution in [1.82, 2.24) is 15.1 Å². The van der Waals surface area contributed by atoms with Gasteiger partial charge in [0.2, 0.25) is 0 Å². The lowest BCUT2D eigenvalue weighted by Gasteiger charge is -2.34. The minimum atomic E-state index is -0.0392. The number of rotatable bonds is 4. The molecule has 1 aliphatic rings. The first kappa shape index (κ1) is 18.6. The van der Waals surface area contributed by atoms with Crippen molar-refractivity contribution >= 4 is 11.7 Å². The first-order valence-electron chi connectivity index (χ1n) is 9.42. The highest BCUT2D eigenvalue weighted by Crippen LogP contribution is 2.24. The Bertz CT molecular complexity index is 1040. The number of methoxy groups -OCH3 is 1. The van der Waals surface area contributed by atoms with Gasteiger partial charge in [0.05, 0.1) is 24.4 Å². The van der Waals surface area contributed by atoms with Crippen LogP contribution in [-0.2, 0) is 0 Å². The van der Waals surface area contributed by atoms with Crippen molar-refractivity contribution < 1.29 is 9.53 Å². The number of piperazine rings is 1. The molecule has 0 aliphatic carbocycles. The number of amides is 1. The third-order valence-electron chi connectivity index (χ3n) is 5.09. The average molecular weight is 387 g/mol. The number of aromatic amines is 1. The third-order valence-corrected chi connectivity index (χ3v) is 5.09. The summed E-state index contributed by atoms with van der Waals surface area (Å²) in [6.07, 6.45) is 0. The van der Waals surface area contributed by atoms with Crippen LogP contribution in [0.3, 0.4) is 0 Å². The van der Waals surface area contributed by atoms with Crippen LogP contribution in [0.15, 0.2) is 54.6 Å². The van der Waals surface area contributed by atoms with E-state index in [-0.39, 0.29) is 5.91 Å². The second kappa shape index (κ2) is 8.07. The van der Waals surface area contributed by atoms with Crippen LogP contribution in [0.1, 0.15) is 15.9 Å². The fourth-order valence-electron chi connectivity index (χ4n) is 3.43. The Morgan fingerprint density at radius 3 is 2.55 bits per heavy atom. The predicted molar refractivity (Wildman–Crippen MR) is 110 cm³/mol. The number of hydrogen-bond acceptors (Lipinski definition) is 5. The highest BCUT2D eigenvalue weighted by Gasteiger charge is 2.23. The molecule has 0 saturated carbocycles. The number of benzene rings is 2. The fraction of sp³-hybridized carbons (Fsp3) is 0.227. The summed E-state index contributed by atoms with van der Waals surface area (Å²) in [5.41, 5.74) is 3.03. The maximum absolute atomic E-state index is 12.7. The van der Waals surface area contributed by atoms with E-state index >= 15 is 0 Å². The number of hydrogen-bond donors (Lipinski definition) is 1. The van der Waals surface area contributed by atoms with Crippen LogP contribution in [-0.4, -0.2) is 54.3 Å². The summed E-state index contributed by atoms with van der Waals surface area (Å²) in [5, 5.41) is 16.6. The summed E-state index contributed by atoms with van der Waals surface area (Å²) in [6, 6.07) is 18.8. The smallest absolute Gasteiger partial charge is 0.254 e. The van der Waals surface area contributed by atoms with Crippen molar-refractivity contribution in [2.24, 2.45) is 0 Å². The van der Waals surface area contributed by atoms with E-state index in [9.17, 15) is 4.79 Å². The first-order valence-corrected chi connectivity index (χ1v) is 9.42. The molecule has 1 fully saturated rings. The molecule has 7 nitrogen and oxygen atoms in total. The van der Waals surface area contributed by atoms with Gasteiger partial charge in [-0.3, -0.25) is 9.89 Å². The summed E-state index contributed by atoms with van der Waals surface area (Å²) in [4.78, 5) is 16.7. The molecule has 1 saturated heterocycles. The summed E-state index contributed by atoms with van der Waals surface area (Å²) < 4.78 is 5.20. The van der Waals surface area contributed by atoms with Crippen LogP contribution < -0.4 is 9.64 Å². The van der Waals surface area contributed by atoms with Crippen LogP contribution >= 0.6 is 0 Å². The van der Waals surface area contributed by atoms with E-state index in [1.165, 1.54) is 0 Å². The number of ether oxygens (including phenoxy) is 1. The molecule has 0 bridgehead atoms. The van der Waals surface area contributed by atoms with E-state index in [4.69, 9.17) is 10.00 Å². The van der Waals surface area contributed by atoms with Gasteiger partial charge in [0.1, 0.15) is 5.75 Å². The van der Waals surface area contributed by atoms with Crippen LogP contribution in [0.5, 0.6) is 5.75 Å². The molecule has 1 aromatic heterocycles. The lowest BCUT2D eigenvalue weighted by molar-refractivity contribution is 0.0746. The quantitative estimate of drug-likeness (QED) is 0.744. The van der Waals surface area contributed by atoms with Crippen LogP contribution in [0.4, 0.5) is 5.82 Å². The Balaban J connectivity index is 1.40. The molecule has 1 aliphatic heterocycles. The molecule has 146 valence electrons. The van der Waals surface area contributed by atoms with Gasteiger partial charge < -0.3 is 14.5 Å². The largest absolute Gasteiger partial charge is 0.497 e. The van der Waals surface area contributed by atoms with Gasteiger partial charge in [-0.05, 0) is 48.0 Å². The minimum absolute atomic E-state index is 0.0392. The highest BCUT2D eigenvalue weighted by atomic mass is 16.5. The number of carbonyl (C=O) groups is 1. The SMILES string of the molecule is COc1ccc(-c2cc(N3CCN(C(=O)c4cccc(C#N)c4)CC3)n[nH]2)cc1. The van der Waals surface area contributed by atoms with E-state index in [0.29, 0.717) is 37.3 Å². The molecule has 7 heteroatoms. The monoisotopic (exact) mass is 387 g/mol. The molecule has 0 spiro atoms. The molecule has 1 N–H and O–H groups in total.